The van der Waals surface area contributed by atoms with Gasteiger partial charge in [0.15, 0.2) is 0 Å². The zero-order chi connectivity index (χ0) is 10.7. The van der Waals surface area contributed by atoms with Gasteiger partial charge in [0.2, 0.25) is 0 Å². The van der Waals surface area contributed by atoms with E-state index in [0.717, 1.165) is 0 Å². The number of rotatable bonds is 3. The first kappa shape index (κ1) is 10.2. The van der Waals surface area contributed by atoms with E-state index in [1.807, 2.05) is 0 Å². The van der Waals surface area contributed by atoms with Gasteiger partial charge in [0.25, 0.3) is 5.69 Å². The summed E-state index contributed by atoms with van der Waals surface area (Å²) >= 11 is 0. The summed E-state index contributed by atoms with van der Waals surface area (Å²) in [6.45, 7) is 1.59. The molecule has 0 aliphatic heterocycles. The van der Waals surface area contributed by atoms with Gasteiger partial charge in [-0.2, -0.15) is 0 Å². The number of nitro benzene ring substituents is 1. The molecule has 5 heteroatoms. The standard InChI is InChI=1S/C9H10N2O3/c1-6(5-12)8-4-7(10)2-3-9(8)11(13)14/h2-6H,10H2,1H3. The molecule has 1 unspecified atom stereocenters. The van der Waals surface area contributed by atoms with Crippen LogP contribution in [-0.2, 0) is 4.79 Å². The quantitative estimate of drug-likeness (QED) is 0.341. The van der Waals surface area contributed by atoms with E-state index < -0.39 is 10.8 Å². The van der Waals surface area contributed by atoms with Crippen molar-refractivity contribution < 1.29 is 9.72 Å². The van der Waals surface area contributed by atoms with Crippen molar-refractivity contribution in [2.75, 3.05) is 5.73 Å². The summed E-state index contributed by atoms with van der Waals surface area (Å²) in [7, 11) is 0. The molecule has 0 saturated heterocycles. The summed E-state index contributed by atoms with van der Waals surface area (Å²) in [5, 5.41) is 10.6. The predicted molar refractivity (Wildman–Crippen MR) is 52.0 cm³/mol. The lowest BCUT2D eigenvalue weighted by molar-refractivity contribution is -0.385. The lowest BCUT2D eigenvalue weighted by Gasteiger charge is -2.05. The molecule has 0 fully saturated rings. The number of aldehydes is 1. The highest BCUT2D eigenvalue weighted by atomic mass is 16.6. The van der Waals surface area contributed by atoms with Crippen LogP contribution < -0.4 is 5.73 Å². The summed E-state index contributed by atoms with van der Waals surface area (Å²) in [4.78, 5) is 20.6. The molecule has 0 spiro atoms. The number of nitrogens with zero attached hydrogens (tertiary/aromatic N) is 1. The number of carbonyl (C=O) groups is 1. The third-order valence-electron chi connectivity index (χ3n) is 1.94. The van der Waals surface area contributed by atoms with Crippen LogP contribution in [0.4, 0.5) is 11.4 Å². The zero-order valence-corrected chi connectivity index (χ0v) is 7.64. The summed E-state index contributed by atoms with van der Waals surface area (Å²) < 4.78 is 0. The van der Waals surface area contributed by atoms with Crippen molar-refractivity contribution in [2.24, 2.45) is 0 Å². The average Bonchev–Trinajstić information content (AvgIpc) is 2.16. The Balaban J connectivity index is 3.29. The van der Waals surface area contributed by atoms with E-state index in [9.17, 15) is 14.9 Å². The van der Waals surface area contributed by atoms with Crippen LogP contribution >= 0.6 is 0 Å². The van der Waals surface area contributed by atoms with Gasteiger partial charge >= 0.3 is 0 Å². The zero-order valence-electron chi connectivity index (χ0n) is 7.64. The van der Waals surface area contributed by atoms with E-state index in [-0.39, 0.29) is 5.69 Å². The number of nitro groups is 1. The Labute approximate surface area is 80.7 Å². The van der Waals surface area contributed by atoms with Crippen LogP contribution in [0.1, 0.15) is 18.4 Å². The minimum Gasteiger partial charge on any atom is -0.399 e. The van der Waals surface area contributed by atoms with Crippen LogP contribution in [0.15, 0.2) is 18.2 Å². The number of hydrogen-bond donors (Lipinski definition) is 1. The SMILES string of the molecule is CC(C=O)c1cc(N)ccc1[N+](=O)[O-]. The van der Waals surface area contributed by atoms with Crippen LogP contribution in [0.3, 0.4) is 0 Å². The third kappa shape index (κ3) is 1.87. The van der Waals surface area contributed by atoms with Gasteiger partial charge in [-0.3, -0.25) is 10.1 Å². The number of benzene rings is 1. The minimum atomic E-state index is -0.519. The molecule has 2 N–H and O–H groups in total. The van der Waals surface area contributed by atoms with Gasteiger partial charge in [-0.15, -0.1) is 0 Å². The molecule has 0 amide bonds. The molecule has 1 atom stereocenters. The molecule has 14 heavy (non-hydrogen) atoms. The fraction of sp³-hybridized carbons (Fsp3) is 0.222. The fourth-order valence-electron chi connectivity index (χ4n) is 1.18. The lowest BCUT2D eigenvalue weighted by atomic mass is 10.0. The molecule has 5 nitrogen and oxygen atoms in total. The monoisotopic (exact) mass is 194 g/mol. The number of nitrogen functional groups attached to an aromatic ring is 1. The molecule has 1 aromatic carbocycles. The average molecular weight is 194 g/mol. The van der Waals surface area contributed by atoms with Gasteiger partial charge in [0.1, 0.15) is 6.29 Å². The second kappa shape index (κ2) is 3.87. The molecule has 0 radical (unpaired) electrons. The Hall–Kier alpha value is -1.91. The molecule has 0 aliphatic carbocycles. The molecule has 1 rings (SSSR count). The van der Waals surface area contributed by atoms with Crippen molar-refractivity contribution in [3.05, 3.63) is 33.9 Å². The van der Waals surface area contributed by atoms with Crippen LogP contribution in [-0.4, -0.2) is 11.2 Å². The molecule has 1 aromatic rings. The highest BCUT2D eigenvalue weighted by Crippen LogP contribution is 2.27. The van der Waals surface area contributed by atoms with Gasteiger partial charge in [-0.25, -0.2) is 0 Å². The summed E-state index contributed by atoms with van der Waals surface area (Å²) in [5.41, 5.74) is 6.18. The predicted octanol–water partition coefficient (Wildman–Crippen LogP) is 1.48. The maximum Gasteiger partial charge on any atom is 0.273 e. The van der Waals surface area contributed by atoms with Gasteiger partial charge < -0.3 is 10.5 Å². The maximum atomic E-state index is 10.6. The van der Waals surface area contributed by atoms with E-state index in [0.29, 0.717) is 17.5 Å². The molecule has 0 aromatic heterocycles. The van der Waals surface area contributed by atoms with Gasteiger partial charge in [-0.05, 0) is 12.1 Å². The molecular weight excluding hydrogens is 184 g/mol. The minimum absolute atomic E-state index is 0.0706. The Bertz CT molecular complexity index is 376. The Morgan fingerprint density at radius 1 is 1.57 bits per heavy atom. The Kier molecular flexibility index (Phi) is 2.81. The molecule has 0 saturated carbocycles. The van der Waals surface area contributed by atoms with Crippen LogP contribution in [0.5, 0.6) is 0 Å². The van der Waals surface area contributed by atoms with E-state index in [2.05, 4.69) is 0 Å². The lowest BCUT2D eigenvalue weighted by Crippen LogP contribution is -2.02. The smallest absolute Gasteiger partial charge is 0.273 e. The largest absolute Gasteiger partial charge is 0.399 e. The maximum absolute atomic E-state index is 10.6. The van der Waals surface area contributed by atoms with Crippen LogP contribution in [0.2, 0.25) is 0 Å². The van der Waals surface area contributed by atoms with E-state index in [1.165, 1.54) is 18.2 Å². The van der Waals surface area contributed by atoms with E-state index in [4.69, 9.17) is 5.73 Å². The first-order valence-corrected chi connectivity index (χ1v) is 4.05. The van der Waals surface area contributed by atoms with Crippen molar-refractivity contribution in [1.29, 1.82) is 0 Å². The molecular formula is C9H10N2O3. The summed E-state index contributed by atoms with van der Waals surface area (Å²) in [6.07, 6.45) is 0.655. The second-order valence-electron chi connectivity index (χ2n) is 3.00. The van der Waals surface area contributed by atoms with Crippen molar-refractivity contribution in [3.63, 3.8) is 0 Å². The van der Waals surface area contributed by atoms with Gasteiger partial charge in [0.05, 0.1) is 4.92 Å². The fourth-order valence-corrected chi connectivity index (χ4v) is 1.18. The highest BCUT2D eigenvalue weighted by molar-refractivity contribution is 5.67. The van der Waals surface area contributed by atoms with Crippen molar-refractivity contribution >= 4 is 17.7 Å². The molecule has 74 valence electrons. The normalized spacial score (nSPS) is 12.1. The summed E-state index contributed by atoms with van der Waals surface area (Å²) in [6, 6.07) is 4.21. The molecule has 0 heterocycles. The Morgan fingerprint density at radius 3 is 2.71 bits per heavy atom. The Morgan fingerprint density at radius 2 is 2.21 bits per heavy atom. The topological polar surface area (TPSA) is 86.2 Å². The van der Waals surface area contributed by atoms with Gasteiger partial charge in [-0.1, -0.05) is 6.92 Å². The van der Waals surface area contributed by atoms with E-state index >= 15 is 0 Å². The second-order valence-corrected chi connectivity index (χ2v) is 3.00. The number of carbonyl (C=O) groups excluding carboxylic acids is 1. The first-order chi connectivity index (χ1) is 6.56. The molecule has 0 aliphatic rings. The third-order valence-corrected chi connectivity index (χ3v) is 1.94. The van der Waals surface area contributed by atoms with Crippen LogP contribution in [0, 0.1) is 10.1 Å². The van der Waals surface area contributed by atoms with Crippen LogP contribution in [0.25, 0.3) is 0 Å². The number of nitrogens with two attached hydrogens (primary N) is 1. The first-order valence-electron chi connectivity index (χ1n) is 4.05. The number of anilines is 1. The van der Waals surface area contributed by atoms with E-state index in [1.54, 1.807) is 6.92 Å². The van der Waals surface area contributed by atoms with Crippen molar-refractivity contribution in [3.8, 4) is 0 Å². The van der Waals surface area contributed by atoms with Gasteiger partial charge in [0, 0.05) is 23.2 Å². The number of hydrogen-bond acceptors (Lipinski definition) is 4. The molecule has 0 bridgehead atoms. The van der Waals surface area contributed by atoms with Crippen molar-refractivity contribution in [1.82, 2.24) is 0 Å². The summed E-state index contributed by atoms with van der Waals surface area (Å²) in [5.74, 6) is -0.515. The highest BCUT2D eigenvalue weighted by Gasteiger charge is 2.18. The van der Waals surface area contributed by atoms with Crippen molar-refractivity contribution in [2.45, 2.75) is 12.8 Å².